The van der Waals surface area contributed by atoms with Gasteiger partial charge in [-0.15, -0.1) is 0 Å². The molecule has 0 spiro atoms. The summed E-state index contributed by atoms with van der Waals surface area (Å²) >= 11 is 0. The fraction of sp³-hybridized carbons (Fsp3) is 0.300. The van der Waals surface area contributed by atoms with Crippen LogP contribution in [0.2, 0.25) is 0 Å². The number of phenolic OH excluding ortho intramolecular Hbond substituents is 1. The van der Waals surface area contributed by atoms with Crippen LogP contribution >= 0.6 is 0 Å². The highest BCUT2D eigenvalue weighted by atomic mass is 16.5. The first-order valence-corrected chi connectivity index (χ1v) is 8.27. The van der Waals surface area contributed by atoms with Crippen LogP contribution in [0.5, 0.6) is 11.5 Å². The maximum absolute atomic E-state index is 12.5. The predicted octanol–water partition coefficient (Wildman–Crippen LogP) is 3.53. The van der Waals surface area contributed by atoms with Crippen LogP contribution in [0.1, 0.15) is 29.8 Å². The summed E-state index contributed by atoms with van der Waals surface area (Å²) in [4.78, 5) is 24.9. The minimum Gasteiger partial charge on any atom is -0.507 e. The molecule has 26 heavy (non-hydrogen) atoms. The summed E-state index contributed by atoms with van der Waals surface area (Å²) in [6, 6.07) is 11.5. The van der Waals surface area contributed by atoms with Crippen molar-refractivity contribution in [3.05, 3.63) is 53.6 Å². The van der Waals surface area contributed by atoms with Gasteiger partial charge in [-0.05, 0) is 49.2 Å². The van der Waals surface area contributed by atoms with Gasteiger partial charge in [0.25, 0.3) is 5.91 Å². The fourth-order valence-electron chi connectivity index (χ4n) is 2.37. The third-order valence-electron chi connectivity index (χ3n) is 3.83. The Hall–Kier alpha value is -3.02. The van der Waals surface area contributed by atoms with Crippen LogP contribution in [0.3, 0.4) is 0 Å². The van der Waals surface area contributed by atoms with Gasteiger partial charge in [0.15, 0.2) is 6.10 Å². The average Bonchev–Trinajstić information content (AvgIpc) is 2.61. The third kappa shape index (κ3) is 4.75. The zero-order valence-corrected chi connectivity index (χ0v) is 15.3. The van der Waals surface area contributed by atoms with E-state index in [1.54, 1.807) is 58.2 Å². The molecule has 0 aromatic heterocycles. The van der Waals surface area contributed by atoms with Gasteiger partial charge in [-0.1, -0.05) is 25.5 Å². The molecule has 6 heteroatoms. The van der Waals surface area contributed by atoms with E-state index in [2.05, 4.69) is 5.32 Å². The van der Waals surface area contributed by atoms with Crippen molar-refractivity contribution < 1.29 is 24.2 Å². The molecule has 2 aromatic rings. The van der Waals surface area contributed by atoms with E-state index < -0.39 is 18.0 Å². The SMILES string of the molecule is COc1ccc(NC(=O)C(OC(=O)c2cc(C)ccc2O)C(C)C)cc1. The molecule has 1 amide bonds. The van der Waals surface area contributed by atoms with Crippen LogP contribution < -0.4 is 10.1 Å². The van der Waals surface area contributed by atoms with Gasteiger partial charge >= 0.3 is 5.97 Å². The number of hydrogen-bond acceptors (Lipinski definition) is 5. The summed E-state index contributed by atoms with van der Waals surface area (Å²) in [5.41, 5.74) is 1.40. The van der Waals surface area contributed by atoms with Gasteiger partial charge in [0.1, 0.15) is 17.1 Å². The number of nitrogens with one attached hydrogen (secondary N) is 1. The second-order valence-electron chi connectivity index (χ2n) is 6.31. The Morgan fingerprint density at radius 1 is 1.08 bits per heavy atom. The first kappa shape index (κ1) is 19.3. The number of anilines is 1. The molecule has 0 aliphatic rings. The Morgan fingerprint density at radius 2 is 1.73 bits per heavy atom. The van der Waals surface area contributed by atoms with E-state index in [0.717, 1.165) is 5.56 Å². The van der Waals surface area contributed by atoms with Gasteiger partial charge in [-0.2, -0.15) is 0 Å². The van der Waals surface area contributed by atoms with E-state index >= 15 is 0 Å². The number of benzene rings is 2. The second kappa shape index (κ2) is 8.38. The van der Waals surface area contributed by atoms with Crippen molar-refractivity contribution >= 4 is 17.6 Å². The lowest BCUT2D eigenvalue weighted by Gasteiger charge is -2.21. The number of phenols is 1. The molecule has 2 rings (SSSR count). The Labute approximate surface area is 152 Å². The zero-order valence-electron chi connectivity index (χ0n) is 15.3. The third-order valence-corrected chi connectivity index (χ3v) is 3.83. The number of amides is 1. The van der Waals surface area contributed by atoms with E-state index in [0.29, 0.717) is 11.4 Å². The number of aryl methyl sites for hydroxylation is 1. The minimum absolute atomic E-state index is 0.0351. The van der Waals surface area contributed by atoms with Crippen molar-refractivity contribution in [2.24, 2.45) is 5.92 Å². The molecule has 2 aromatic carbocycles. The predicted molar refractivity (Wildman–Crippen MR) is 98.5 cm³/mol. The molecular formula is C20H23NO5. The molecule has 0 saturated carbocycles. The maximum Gasteiger partial charge on any atom is 0.342 e. The van der Waals surface area contributed by atoms with Crippen molar-refractivity contribution in [3.8, 4) is 11.5 Å². The van der Waals surface area contributed by atoms with Crippen LogP contribution in [0.4, 0.5) is 5.69 Å². The van der Waals surface area contributed by atoms with Crippen molar-refractivity contribution in [2.75, 3.05) is 12.4 Å². The van der Waals surface area contributed by atoms with Crippen LogP contribution in [0.25, 0.3) is 0 Å². The number of esters is 1. The quantitative estimate of drug-likeness (QED) is 0.773. The van der Waals surface area contributed by atoms with Gasteiger partial charge in [0.2, 0.25) is 0 Å². The lowest BCUT2D eigenvalue weighted by molar-refractivity contribution is -0.126. The highest BCUT2D eigenvalue weighted by Gasteiger charge is 2.28. The van der Waals surface area contributed by atoms with Gasteiger partial charge in [-0.3, -0.25) is 4.79 Å². The summed E-state index contributed by atoms with van der Waals surface area (Å²) in [6.07, 6.45) is -0.996. The molecule has 0 aliphatic heterocycles. The van der Waals surface area contributed by atoms with E-state index in [9.17, 15) is 14.7 Å². The van der Waals surface area contributed by atoms with E-state index in [1.807, 2.05) is 0 Å². The first-order valence-electron chi connectivity index (χ1n) is 8.27. The molecule has 0 heterocycles. The maximum atomic E-state index is 12.5. The van der Waals surface area contributed by atoms with Crippen molar-refractivity contribution in [3.63, 3.8) is 0 Å². The highest BCUT2D eigenvalue weighted by Crippen LogP contribution is 2.22. The Bertz CT molecular complexity index is 783. The molecule has 0 bridgehead atoms. The second-order valence-corrected chi connectivity index (χ2v) is 6.31. The molecule has 138 valence electrons. The number of aromatic hydroxyl groups is 1. The van der Waals surface area contributed by atoms with Gasteiger partial charge in [0.05, 0.1) is 7.11 Å². The summed E-state index contributed by atoms with van der Waals surface area (Å²) in [6.45, 7) is 5.36. The molecule has 2 N–H and O–H groups in total. The topological polar surface area (TPSA) is 84.9 Å². The molecule has 0 radical (unpaired) electrons. The zero-order chi connectivity index (χ0) is 19.3. The van der Waals surface area contributed by atoms with Crippen LogP contribution in [0, 0.1) is 12.8 Å². The lowest BCUT2D eigenvalue weighted by Crippen LogP contribution is -2.36. The average molecular weight is 357 g/mol. The van der Waals surface area contributed by atoms with Crippen molar-refractivity contribution in [1.29, 1.82) is 0 Å². The van der Waals surface area contributed by atoms with Gasteiger partial charge < -0.3 is 19.9 Å². The van der Waals surface area contributed by atoms with Crippen molar-refractivity contribution in [2.45, 2.75) is 26.9 Å². The van der Waals surface area contributed by atoms with Gasteiger partial charge in [0, 0.05) is 5.69 Å². The molecule has 0 saturated heterocycles. The molecule has 0 aliphatic carbocycles. The van der Waals surface area contributed by atoms with E-state index in [4.69, 9.17) is 9.47 Å². The summed E-state index contributed by atoms with van der Waals surface area (Å²) in [5, 5.41) is 12.6. The number of methoxy groups -OCH3 is 1. The Kier molecular flexibility index (Phi) is 6.22. The largest absolute Gasteiger partial charge is 0.507 e. The lowest BCUT2D eigenvalue weighted by atomic mass is 10.1. The number of carbonyl (C=O) groups is 2. The Balaban J connectivity index is 2.13. The number of rotatable bonds is 6. The highest BCUT2D eigenvalue weighted by molar-refractivity contribution is 5.98. The number of ether oxygens (including phenoxy) is 2. The van der Waals surface area contributed by atoms with Crippen molar-refractivity contribution in [1.82, 2.24) is 0 Å². The molecule has 1 atom stereocenters. The van der Waals surface area contributed by atoms with E-state index in [-0.39, 0.29) is 17.2 Å². The standard InChI is InChI=1S/C20H23NO5/c1-12(2)18(19(23)21-14-6-8-15(25-4)9-7-14)26-20(24)16-11-13(3)5-10-17(16)22/h5-12,18,22H,1-4H3,(H,21,23). The smallest absolute Gasteiger partial charge is 0.342 e. The first-order chi connectivity index (χ1) is 12.3. The Morgan fingerprint density at radius 3 is 2.31 bits per heavy atom. The molecular weight excluding hydrogens is 334 g/mol. The molecule has 1 unspecified atom stereocenters. The number of hydrogen-bond donors (Lipinski definition) is 2. The van der Waals surface area contributed by atoms with Crippen LogP contribution in [-0.4, -0.2) is 30.2 Å². The monoisotopic (exact) mass is 357 g/mol. The summed E-state index contributed by atoms with van der Waals surface area (Å²) < 4.78 is 10.5. The van der Waals surface area contributed by atoms with Gasteiger partial charge in [-0.25, -0.2) is 4.79 Å². The summed E-state index contributed by atoms with van der Waals surface area (Å²) in [7, 11) is 1.56. The summed E-state index contributed by atoms with van der Waals surface area (Å²) in [5.74, 6) is -0.937. The van der Waals surface area contributed by atoms with Crippen LogP contribution in [-0.2, 0) is 9.53 Å². The van der Waals surface area contributed by atoms with E-state index in [1.165, 1.54) is 12.1 Å². The normalized spacial score (nSPS) is 11.7. The minimum atomic E-state index is -0.996. The molecule has 0 fully saturated rings. The molecule has 6 nitrogen and oxygen atoms in total. The number of carbonyl (C=O) groups excluding carboxylic acids is 2. The van der Waals surface area contributed by atoms with Crippen LogP contribution in [0.15, 0.2) is 42.5 Å². The fourth-order valence-corrected chi connectivity index (χ4v) is 2.37.